The van der Waals surface area contributed by atoms with Gasteiger partial charge < -0.3 is 14.9 Å². The second-order valence-electron chi connectivity index (χ2n) is 2.16. The van der Waals surface area contributed by atoms with Crippen LogP contribution in [-0.2, 0) is 19.1 Å². The molecule has 0 aliphatic rings. The summed E-state index contributed by atoms with van der Waals surface area (Å²) >= 11 is 0. The van der Waals surface area contributed by atoms with Crippen LogP contribution in [0.15, 0.2) is 12.2 Å². The van der Waals surface area contributed by atoms with Gasteiger partial charge in [0, 0.05) is 11.8 Å². The van der Waals surface area contributed by atoms with E-state index in [2.05, 4.69) is 16.1 Å². The monoisotopic (exact) mass is 185 g/mol. The Morgan fingerprint density at radius 1 is 1.54 bits per heavy atom. The summed E-state index contributed by atoms with van der Waals surface area (Å²) in [5.41, 5.74) is 0.0219. The fourth-order valence-electron chi connectivity index (χ4n) is 0.538. The summed E-state index contributed by atoms with van der Waals surface area (Å²) in [6, 6.07) is 0. The summed E-state index contributed by atoms with van der Waals surface area (Å²) in [6.45, 7) is 3.23. The second kappa shape index (κ2) is 5.93. The molecule has 0 aliphatic carbocycles. The Bertz CT molecular complexity index is 234. The molecule has 0 rings (SSSR count). The maximum absolute atomic E-state index is 10.9. The molecule has 0 fully saturated rings. The number of esters is 2. The van der Waals surface area contributed by atoms with Crippen LogP contribution in [-0.4, -0.2) is 31.9 Å². The van der Waals surface area contributed by atoms with E-state index in [0.29, 0.717) is 0 Å². The number of hydrogen-bond acceptors (Lipinski definition) is 5. The first-order valence-electron chi connectivity index (χ1n) is 3.52. The molecular formula is C8H11NO4. The maximum atomic E-state index is 10.9. The first-order chi connectivity index (χ1) is 6.11. The van der Waals surface area contributed by atoms with E-state index >= 15 is 0 Å². The Morgan fingerprint density at radius 3 is 2.62 bits per heavy atom. The van der Waals surface area contributed by atoms with Crippen molar-refractivity contribution in [1.82, 2.24) is 0 Å². The lowest BCUT2D eigenvalue weighted by molar-refractivity contribution is -0.143. The van der Waals surface area contributed by atoms with Gasteiger partial charge in [0.1, 0.15) is 6.61 Å². The molecule has 5 heteroatoms. The van der Waals surface area contributed by atoms with Crippen LogP contribution in [0.2, 0.25) is 0 Å². The van der Waals surface area contributed by atoms with Gasteiger partial charge in [0.2, 0.25) is 0 Å². The van der Waals surface area contributed by atoms with Gasteiger partial charge in [-0.05, 0) is 0 Å². The molecule has 0 aromatic heterocycles. The van der Waals surface area contributed by atoms with Gasteiger partial charge in [-0.25, -0.2) is 4.79 Å². The molecule has 0 atom stereocenters. The minimum absolute atomic E-state index is 0.0219. The van der Waals surface area contributed by atoms with E-state index in [1.165, 1.54) is 7.11 Å². The first-order valence-corrected chi connectivity index (χ1v) is 3.52. The van der Waals surface area contributed by atoms with Crippen molar-refractivity contribution in [3.05, 3.63) is 12.2 Å². The molecule has 0 saturated heterocycles. The summed E-state index contributed by atoms with van der Waals surface area (Å²) in [6.07, 6.45) is 0.747. The SMILES string of the molecule is C=C(CC(=O)OC)C(=O)OCC=N. The molecule has 13 heavy (non-hydrogen) atoms. The standard InChI is InChI=1S/C8H11NO4/c1-6(5-7(10)12-2)8(11)13-4-3-9/h3,9H,1,4-5H2,2H3. The van der Waals surface area contributed by atoms with Crippen LogP contribution in [0, 0.1) is 5.41 Å². The van der Waals surface area contributed by atoms with Crippen LogP contribution < -0.4 is 0 Å². The van der Waals surface area contributed by atoms with Crippen molar-refractivity contribution in [3.63, 3.8) is 0 Å². The maximum Gasteiger partial charge on any atom is 0.334 e. The van der Waals surface area contributed by atoms with Gasteiger partial charge in [-0.15, -0.1) is 0 Å². The third-order valence-corrected chi connectivity index (χ3v) is 1.17. The third kappa shape index (κ3) is 4.73. The Hall–Kier alpha value is -1.65. The lowest BCUT2D eigenvalue weighted by atomic mass is 10.2. The number of ether oxygens (including phenoxy) is 2. The van der Waals surface area contributed by atoms with E-state index < -0.39 is 11.9 Å². The molecule has 5 nitrogen and oxygen atoms in total. The lowest BCUT2D eigenvalue weighted by Gasteiger charge is -2.02. The number of nitrogens with one attached hydrogen (secondary N) is 1. The van der Waals surface area contributed by atoms with Gasteiger partial charge >= 0.3 is 11.9 Å². The topological polar surface area (TPSA) is 76.5 Å². The Balaban J connectivity index is 3.89. The molecule has 72 valence electrons. The quantitative estimate of drug-likeness (QED) is 0.379. The summed E-state index contributed by atoms with van der Waals surface area (Å²) < 4.78 is 8.83. The number of hydrogen-bond donors (Lipinski definition) is 1. The highest BCUT2D eigenvalue weighted by Gasteiger charge is 2.12. The van der Waals surface area contributed by atoms with Crippen molar-refractivity contribution in [2.24, 2.45) is 0 Å². The molecule has 0 aromatic carbocycles. The second-order valence-corrected chi connectivity index (χ2v) is 2.16. The number of methoxy groups -OCH3 is 1. The van der Waals surface area contributed by atoms with Crippen LogP contribution in [0.5, 0.6) is 0 Å². The van der Waals surface area contributed by atoms with E-state index in [0.717, 1.165) is 6.21 Å². The predicted molar refractivity (Wildman–Crippen MR) is 45.5 cm³/mol. The van der Waals surface area contributed by atoms with Crippen LogP contribution in [0.4, 0.5) is 0 Å². The van der Waals surface area contributed by atoms with Gasteiger partial charge in [-0.3, -0.25) is 4.79 Å². The number of carbonyl (C=O) groups excluding carboxylic acids is 2. The van der Waals surface area contributed by atoms with Gasteiger partial charge in [0.25, 0.3) is 0 Å². The molecule has 0 amide bonds. The highest BCUT2D eigenvalue weighted by molar-refractivity contribution is 5.93. The highest BCUT2D eigenvalue weighted by Crippen LogP contribution is 2.01. The van der Waals surface area contributed by atoms with Crippen molar-refractivity contribution < 1.29 is 19.1 Å². The zero-order chi connectivity index (χ0) is 10.3. The number of carbonyl (C=O) groups is 2. The fourth-order valence-corrected chi connectivity index (χ4v) is 0.538. The van der Waals surface area contributed by atoms with E-state index in [4.69, 9.17) is 5.41 Å². The van der Waals surface area contributed by atoms with Crippen LogP contribution in [0.3, 0.4) is 0 Å². The van der Waals surface area contributed by atoms with Crippen molar-refractivity contribution in [2.45, 2.75) is 6.42 Å². The lowest BCUT2D eigenvalue weighted by Crippen LogP contribution is -2.12. The van der Waals surface area contributed by atoms with Crippen molar-refractivity contribution in [2.75, 3.05) is 13.7 Å². The zero-order valence-corrected chi connectivity index (χ0v) is 7.33. The summed E-state index contributed by atoms with van der Waals surface area (Å²) in [4.78, 5) is 21.6. The van der Waals surface area contributed by atoms with Crippen molar-refractivity contribution in [3.8, 4) is 0 Å². The van der Waals surface area contributed by atoms with Crippen molar-refractivity contribution in [1.29, 1.82) is 5.41 Å². The minimum Gasteiger partial charge on any atom is -0.469 e. The minimum atomic E-state index is -0.686. The van der Waals surface area contributed by atoms with Gasteiger partial charge in [-0.2, -0.15) is 0 Å². The number of rotatable bonds is 5. The molecule has 0 bridgehead atoms. The Morgan fingerprint density at radius 2 is 2.15 bits per heavy atom. The normalized spacial score (nSPS) is 8.69. The van der Waals surface area contributed by atoms with Crippen LogP contribution in [0.25, 0.3) is 0 Å². The molecule has 0 radical (unpaired) electrons. The molecule has 0 heterocycles. The molecule has 0 unspecified atom stereocenters. The molecule has 1 N–H and O–H groups in total. The zero-order valence-electron chi connectivity index (χ0n) is 7.33. The smallest absolute Gasteiger partial charge is 0.334 e. The van der Waals surface area contributed by atoms with Gasteiger partial charge in [-0.1, -0.05) is 6.58 Å². The third-order valence-electron chi connectivity index (χ3n) is 1.17. The average Bonchev–Trinajstić information content (AvgIpc) is 2.13. The summed E-state index contributed by atoms with van der Waals surface area (Å²) in [7, 11) is 1.22. The largest absolute Gasteiger partial charge is 0.469 e. The fraction of sp³-hybridized carbons (Fsp3) is 0.375. The van der Waals surface area contributed by atoms with Gasteiger partial charge in [0.15, 0.2) is 0 Å². The Labute approximate surface area is 75.8 Å². The summed E-state index contributed by atoms with van der Waals surface area (Å²) in [5, 5.41) is 6.59. The van der Waals surface area contributed by atoms with Crippen molar-refractivity contribution >= 4 is 18.2 Å². The van der Waals surface area contributed by atoms with E-state index in [9.17, 15) is 9.59 Å². The highest BCUT2D eigenvalue weighted by atomic mass is 16.5. The van der Waals surface area contributed by atoms with Crippen LogP contribution >= 0.6 is 0 Å². The molecule has 0 aliphatic heterocycles. The predicted octanol–water partition coefficient (Wildman–Crippen LogP) is 0.298. The Kier molecular flexibility index (Phi) is 5.18. The van der Waals surface area contributed by atoms with Crippen LogP contribution in [0.1, 0.15) is 6.42 Å². The molecular weight excluding hydrogens is 174 g/mol. The van der Waals surface area contributed by atoms with E-state index in [-0.39, 0.29) is 18.6 Å². The summed E-state index contributed by atoms with van der Waals surface area (Å²) in [5.74, 6) is -1.23. The van der Waals surface area contributed by atoms with E-state index in [1.807, 2.05) is 0 Å². The first kappa shape index (κ1) is 11.4. The molecule has 0 aromatic rings. The van der Waals surface area contributed by atoms with E-state index in [1.54, 1.807) is 0 Å². The average molecular weight is 185 g/mol. The molecule has 0 saturated carbocycles. The van der Waals surface area contributed by atoms with Gasteiger partial charge in [0.05, 0.1) is 13.5 Å². The molecule has 0 spiro atoms.